The van der Waals surface area contributed by atoms with Crippen molar-refractivity contribution in [2.24, 2.45) is 0 Å². The van der Waals surface area contributed by atoms with Gasteiger partial charge < -0.3 is 10.1 Å². The van der Waals surface area contributed by atoms with Gasteiger partial charge in [0.05, 0.1) is 0 Å². The van der Waals surface area contributed by atoms with Gasteiger partial charge in [0.25, 0.3) is 5.91 Å². The molecule has 0 aliphatic heterocycles. The lowest BCUT2D eigenvalue weighted by molar-refractivity contribution is -0.153. The van der Waals surface area contributed by atoms with E-state index in [2.05, 4.69) is 5.32 Å². The third kappa shape index (κ3) is 6.76. The molecule has 0 heterocycles. The summed E-state index contributed by atoms with van der Waals surface area (Å²) in [6.45, 7) is 3.78. The van der Waals surface area contributed by atoms with Gasteiger partial charge in [-0.15, -0.1) is 0 Å². The molecule has 0 saturated carbocycles. The number of nitrogens with one attached hydrogen (secondary N) is 3. The normalized spacial score (nSPS) is 12.3. The molecule has 1 atom stereocenters. The van der Waals surface area contributed by atoms with Gasteiger partial charge in [0, 0.05) is 6.04 Å². The van der Waals surface area contributed by atoms with E-state index >= 15 is 0 Å². The smallest absolute Gasteiger partial charge is 0.321 e. The number of carbonyl (C=O) groups excluding carboxylic acids is 3. The molecule has 0 aliphatic carbocycles. The van der Waals surface area contributed by atoms with E-state index in [1.54, 1.807) is 13.8 Å². The molecule has 0 unspecified atom stereocenters. The third-order valence-electron chi connectivity index (χ3n) is 2.87. The summed E-state index contributed by atoms with van der Waals surface area (Å²) in [7, 11) is -4.27. The Morgan fingerprint density at radius 2 is 1.77 bits per heavy atom. The summed E-state index contributed by atoms with van der Waals surface area (Å²) in [5.74, 6) is -2.93. The summed E-state index contributed by atoms with van der Waals surface area (Å²) in [5.41, 5.74) is 0. The van der Waals surface area contributed by atoms with Gasteiger partial charge in [-0.05, 0) is 32.9 Å². The highest BCUT2D eigenvalue weighted by Crippen LogP contribution is 2.12. The second-order valence-corrected chi connectivity index (χ2v) is 7.24. The summed E-state index contributed by atoms with van der Waals surface area (Å²) >= 11 is 0. The van der Waals surface area contributed by atoms with Crippen molar-refractivity contribution in [1.82, 2.24) is 15.4 Å². The Morgan fingerprint density at radius 3 is 2.35 bits per heavy atom. The van der Waals surface area contributed by atoms with E-state index in [1.807, 2.05) is 10.0 Å². The molecule has 1 aromatic carbocycles. The van der Waals surface area contributed by atoms with Gasteiger partial charge in [-0.2, -0.15) is 4.72 Å². The standard InChI is InChI=1S/C15H20FN3O6S/c1-9(2)18-15(22)19-14(21)10(3)25-13(20)8-17-26(23,24)12-7-5-4-6-11(12)16/h4-7,9-10,17H,8H2,1-3H3,(H2,18,19,21,22)/t10-/m1/s1. The summed E-state index contributed by atoms with van der Waals surface area (Å²) in [5, 5.41) is 4.38. The number of benzene rings is 1. The predicted octanol–water partition coefficient (Wildman–Crippen LogP) is 0.270. The number of ether oxygens (including phenoxy) is 1. The second-order valence-electron chi connectivity index (χ2n) is 5.50. The van der Waals surface area contributed by atoms with E-state index in [0.29, 0.717) is 0 Å². The minimum absolute atomic E-state index is 0.201. The Bertz CT molecular complexity index is 781. The van der Waals surface area contributed by atoms with E-state index in [4.69, 9.17) is 4.74 Å². The van der Waals surface area contributed by atoms with E-state index in [0.717, 1.165) is 12.1 Å². The van der Waals surface area contributed by atoms with E-state index in [9.17, 15) is 27.2 Å². The van der Waals surface area contributed by atoms with Gasteiger partial charge in [0.15, 0.2) is 6.10 Å². The second kappa shape index (κ2) is 9.25. The first kappa shape index (κ1) is 21.5. The van der Waals surface area contributed by atoms with Crippen LogP contribution in [0, 0.1) is 5.82 Å². The van der Waals surface area contributed by atoms with Crippen molar-refractivity contribution < 1.29 is 31.9 Å². The zero-order valence-corrected chi connectivity index (χ0v) is 15.2. The average Bonchev–Trinajstić information content (AvgIpc) is 2.52. The molecular formula is C15H20FN3O6S. The van der Waals surface area contributed by atoms with Crippen LogP contribution < -0.4 is 15.4 Å². The molecule has 1 aromatic rings. The van der Waals surface area contributed by atoms with Crippen LogP contribution in [0.3, 0.4) is 0 Å². The van der Waals surface area contributed by atoms with Gasteiger partial charge >= 0.3 is 12.0 Å². The third-order valence-corrected chi connectivity index (χ3v) is 4.30. The summed E-state index contributed by atoms with van der Waals surface area (Å²) < 4.78 is 44.0. The monoisotopic (exact) mass is 389 g/mol. The van der Waals surface area contributed by atoms with Crippen LogP contribution in [-0.2, 0) is 24.3 Å². The van der Waals surface area contributed by atoms with Crippen molar-refractivity contribution >= 4 is 27.9 Å². The van der Waals surface area contributed by atoms with Crippen LogP contribution >= 0.6 is 0 Å². The number of hydrogen-bond acceptors (Lipinski definition) is 6. The Balaban J connectivity index is 2.55. The average molecular weight is 389 g/mol. The van der Waals surface area contributed by atoms with Crippen LogP contribution in [0.25, 0.3) is 0 Å². The van der Waals surface area contributed by atoms with Gasteiger partial charge in [-0.25, -0.2) is 17.6 Å². The summed E-state index contributed by atoms with van der Waals surface area (Å²) in [6.07, 6.45) is -1.33. The molecule has 3 amide bonds. The Labute approximate surface area is 150 Å². The van der Waals surface area contributed by atoms with Crippen LogP contribution in [0.5, 0.6) is 0 Å². The molecule has 144 valence electrons. The van der Waals surface area contributed by atoms with Crippen LogP contribution in [0.1, 0.15) is 20.8 Å². The van der Waals surface area contributed by atoms with Crippen LogP contribution in [0.2, 0.25) is 0 Å². The molecule has 26 heavy (non-hydrogen) atoms. The van der Waals surface area contributed by atoms with E-state index in [1.165, 1.54) is 19.1 Å². The maximum absolute atomic E-state index is 13.5. The fourth-order valence-corrected chi connectivity index (χ4v) is 2.74. The van der Waals surface area contributed by atoms with E-state index in [-0.39, 0.29) is 6.04 Å². The largest absolute Gasteiger partial charge is 0.452 e. The topological polar surface area (TPSA) is 131 Å². The van der Waals surface area contributed by atoms with Crippen molar-refractivity contribution in [2.45, 2.75) is 37.8 Å². The molecule has 9 nitrogen and oxygen atoms in total. The SMILES string of the molecule is CC(C)NC(=O)NC(=O)[C@@H](C)OC(=O)CNS(=O)(=O)c1ccccc1F. The van der Waals surface area contributed by atoms with Crippen molar-refractivity contribution in [1.29, 1.82) is 0 Å². The quantitative estimate of drug-likeness (QED) is 0.574. The van der Waals surface area contributed by atoms with Gasteiger partial charge in [-0.1, -0.05) is 12.1 Å². The number of hydrogen-bond donors (Lipinski definition) is 3. The lowest BCUT2D eigenvalue weighted by Gasteiger charge is -2.14. The number of imide groups is 1. The molecule has 3 N–H and O–H groups in total. The molecule has 0 aliphatic rings. The van der Waals surface area contributed by atoms with Crippen LogP contribution in [-0.4, -0.2) is 45.0 Å². The summed E-state index contributed by atoms with van der Waals surface area (Å²) in [6, 6.07) is 3.68. The molecular weight excluding hydrogens is 369 g/mol. The number of amides is 3. The number of sulfonamides is 1. The van der Waals surface area contributed by atoms with E-state index < -0.39 is 51.3 Å². The molecule has 0 radical (unpaired) electrons. The zero-order chi connectivity index (χ0) is 19.9. The van der Waals surface area contributed by atoms with Crippen molar-refractivity contribution in [3.05, 3.63) is 30.1 Å². The fraction of sp³-hybridized carbons (Fsp3) is 0.400. The molecule has 11 heteroatoms. The van der Waals surface area contributed by atoms with Gasteiger partial charge in [0.1, 0.15) is 17.3 Å². The molecule has 0 bridgehead atoms. The minimum Gasteiger partial charge on any atom is -0.452 e. The minimum atomic E-state index is -4.27. The fourth-order valence-electron chi connectivity index (χ4n) is 1.70. The zero-order valence-electron chi connectivity index (χ0n) is 14.4. The number of carbonyl (C=O) groups is 3. The van der Waals surface area contributed by atoms with Crippen LogP contribution in [0.15, 0.2) is 29.2 Å². The van der Waals surface area contributed by atoms with Crippen molar-refractivity contribution in [3.8, 4) is 0 Å². The molecule has 0 spiro atoms. The maximum Gasteiger partial charge on any atom is 0.321 e. The Kier molecular flexibility index (Phi) is 7.65. The van der Waals surface area contributed by atoms with Gasteiger partial charge in [-0.3, -0.25) is 14.9 Å². The lowest BCUT2D eigenvalue weighted by atomic mass is 10.3. The van der Waals surface area contributed by atoms with Crippen LogP contribution in [0.4, 0.5) is 9.18 Å². The molecule has 0 saturated heterocycles. The first-order valence-electron chi connectivity index (χ1n) is 7.58. The number of halogens is 1. The number of urea groups is 1. The highest BCUT2D eigenvalue weighted by atomic mass is 32.2. The van der Waals surface area contributed by atoms with Gasteiger partial charge in [0.2, 0.25) is 10.0 Å². The molecule has 1 rings (SSSR count). The molecule has 0 fully saturated rings. The first-order chi connectivity index (χ1) is 12.0. The highest BCUT2D eigenvalue weighted by Gasteiger charge is 2.23. The maximum atomic E-state index is 13.5. The first-order valence-corrected chi connectivity index (χ1v) is 9.06. The highest BCUT2D eigenvalue weighted by molar-refractivity contribution is 7.89. The predicted molar refractivity (Wildman–Crippen MR) is 89.0 cm³/mol. The number of rotatable bonds is 7. The molecule has 0 aromatic heterocycles. The Hall–Kier alpha value is -2.53. The Morgan fingerprint density at radius 1 is 1.15 bits per heavy atom. The number of esters is 1. The van der Waals surface area contributed by atoms with Crippen molar-refractivity contribution in [3.63, 3.8) is 0 Å². The lowest BCUT2D eigenvalue weighted by Crippen LogP contribution is -2.47. The van der Waals surface area contributed by atoms with Crippen molar-refractivity contribution in [2.75, 3.05) is 6.54 Å². The summed E-state index contributed by atoms with van der Waals surface area (Å²) in [4.78, 5) is 34.1.